The van der Waals surface area contributed by atoms with Gasteiger partial charge in [-0.2, -0.15) is 0 Å². The van der Waals surface area contributed by atoms with Gasteiger partial charge in [0, 0.05) is 11.1 Å². The van der Waals surface area contributed by atoms with Crippen molar-refractivity contribution in [2.45, 2.75) is 0 Å². The third-order valence-corrected chi connectivity index (χ3v) is 2.58. The minimum absolute atomic E-state index is 0.199. The standard InChI is InChI=1S/C14H9F3O2/c1-19-10-4-2-3-8(5-10)14(18)9-6-11(15)13(17)12(16)7-9/h2-7H,1H3. The monoisotopic (exact) mass is 266 g/mol. The summed E-state index contributed by atoms with van der Waals surface area (Å²) >= 11 is 0. The van der Waals surface area contributed by atoms with Crippen LogP contribution >= 0.6 is 0 Å². The fourth-order valence-electron chi connectivity index (χ4n) is 1.62. The number of carbonyl (C=O) groups excluding carboxylic acids is 1. The molecule has 0 fully saturated rings. The van der Waals surface area contributed by atoms with Crippen LogP contribution in [0.4, 0.5) is 13.2 Å². The highest BCUT2D eigenvalue weighted by atomic mass is 19.2. The fourth-order valence-corrected chi connectivity index (χ4v) is 1.62. The van der Waals surface area contributed by atoms with E-state index in [1.54, 1.807) is 12.1 Å². The second kappa shape index (κ2) is 5.14. The quantitative estimate of drug-likeness (QED) is 0.629. The lowest BCUT2D eigenvalue weighted by molar-refractivity contribution is 0.103. The van der Waals surface area contributed by atoms with Crippen molar-refractivity contribution < 1.29 is 22.7 Å². The zero-order valence-electron chi connectivity index (χ0n) is 9.91. The van der Waals surface area contributed by atoms with Gasteiger partial charge in [-0.1, -0.05) is 12.1 Å². The molecule has 0 N–H and O–H groups in total. The van der Waals surface area contributed by atoms with Gasteiger partial charge in [0.05, 0.1) is 7.11 Å². The Kier molecular flexibility index (Phi) is 3.55. The molecule has 0 saturated carbocycles. The van der Waals surface area contributed by atoms with Crippen LogP contribution in [-0.4, -0.2) is 12.9 Å². The molecule has 0 amide bonds. The second-order valence-electron chi connectivity index (χ2n) is 3.81. The lowest BCUT2D eigenvalue weighted by Gasteiger charge is -2.05. The van der Waals surface area contributed by atoms with Crippen LogP contribution in [0.2, 0.25) is 0 Å². The summed E-state index contributed by atoms with van der Waals surface area (Å²) in [6.07, 6.45) is 0. The maximum Gasteiger partial charge on any atom is 0.194 e. The predicted molar refractivity (Wildman–Crippen MR) is 62.7 cm³/mol. The van der Waals surface area contributed by atoms with Crippen LogP contribution in [0.1, 0.15) is 15.9 Å². The van der Waals surface area contributed by atoms with Crippen molar-refractivity contribution in [3.8, 4) is 5.75 Å². The molecule has 2 rings (SSSR count). The Morgan fingerprint density at radius 1 is 1.00 bits per heavy atom. The summed E-state index contributed by atoms with van der Waals surface area (Å²) in [6, 6.07) is 7.44. The average molecular weight is 266 g/mol. The van der Waals surface area contributed by atoms with Crippen molar-refractivity contribution in [1.29, 1.82) is 0 Å². The van der Waals surface area contributed by atoms with Gasteiger partial charge in [0.2, 0.25) is 0 Å². The van der Waals surface area contributed by atoms with Gasteiger partial charge in [-0.05, 0) is 24.3 Å². The highest BCUT2D eigenvalue weighted by Crippen LogP contribution is 2.19. The largest absolute Gasteiger partial charge is 0.497 e. The van der Waals surface area contributed by atoms with Gasteiger partial charge in [-0.15, -0.1) is 0 Å². The van der Waals surface area contributed by atoms with Gasteiger partial charge < -0.3 is 4.74 Å². The molecule has 0 saturated heterocycles. The van der Waals surface area contributed by atoms with Crippen LogP contribution in [-0.2, 0) is 0 Å². The van der Waals surface area contributed by atoms with E-state index in [-0.39, 0.29) is 11.1 Å². The SMILES string of the molecule is COc1cccc(C(=O)c2cc(F)c(F)c(F)c2)c1. The van der Waals surface area contributed by atoms with Crippen LogP contribution in [0.5, 0.6) is 5.75 Å². The number of methoxy groups -OCH3 is 1. The van der Waals surface area contributed by atoms with Crippen LogP contribution in [0.3, 0.4) is 0 Å². The zero-order valence-corrected chi connectivity index (χ0v) is 9.91. The third-order valence-electron chi connectivity index (χ3n) is 2.58. The molecule has 2 aromatic rings. The van der Waals surface area contributed by atoms with Crippen molar-refractivity contribution in [2.24, 2.45) is 0 Å². The third kappa shape index (κ3) is 2.59. The van der Waals surface area contributed by atoms with E-state index in [4.69, 9.17) is 4.74 Å². The molecule has 0 aliphatic rings. The maximum atomic E-state index is 13.1. The lowest BCUT2D eigenvalue weighted by Crippen LogP contribution is -2.04. The van der Waals surface area contributed by atoms with Crippen LogP contribution in [0, 0.1) is 17.5 Å². The summed E-state index contributed by atoms with van der Waals surface area (Å²) in [4.78, 5) is 12.0. The van der Waals surface area contributed by atoms with E-state index in [1.165, 1.54) is 19.2 Å². The molecule has 19 heavy (non-hydrogen) atoms. The number of benzene rings is 2. The molecule has 0 aliphatic heterocycles. The molecule has 0 atom stereocenters. The molecule has 0 heterocycles. The maximum absolute atomic E-state index is 13.1. The first kappa shape index (κ1) is 13.1. The summed E-state index contributed by atoms with van der Waals surface area (Å²) in [5.41, 5.74) is -0.0607. The fraction of sp³-hybridized carbons (Fsp3) is 0.0714. The molecule has 0 aliphatic carbocycles. The molecule has 0 radical (unpaired) electrons. The number of hydrogen-bond acceptors (Lipinski definition) is 2. The first-order valence-electron chi connectivity index (χ1n) is 5.36. The number of carbonyl (C=O) groups is 1. The molecule has 0 unspecified atom stereocenters. The van der Waals surface area contributed by atoms with Gasteiger partial charge in [0.25, 0.3) is 0 Å². The minimum Gasteiger partial charge on any atom is -0.497 e. The Morgan fingerprint density at radius 3 is 2.21 bits per heavy atom. The second-order valence-corrected chi connectivity index (χ2v) is 3.81. The number of rotatable bonds is 3. The Bertz CT molecular complexity index is 615. The average Bonchev–Trinajstić information content (AvgIpc) is 2.43. The molecule has 2 nitrogen and oxygen atoms in total. The Hall–Kier alpha value is -2.30. The molecule has 0 aromatic heterocycles. The summed E-state index contributed by atoms with van der Waals surface area (Å²) in [6.45, 7) is 0. The van der Waals surface area contributed by atoms with Crippen LogP contribution in [0.25, 0.3) is 0 Å². The van der Waals surface area contributed by atoms with Crippen molar-refractivity contribution >= 4 is 5.78 Å². The first-order valence-corrected chi connectivity index (χ1v) is 5.36. The van der Waals surface area contributed by atoms with E-state index in [9.17, 15) is 18.0 Å². The molecular weight excluding hydrogens is 257 g/mol. The molecule has 5 heteroatoms. The van der Waals surface area contributed by atoms with Gasteiger partial charge in [-0.3, -0.25) is 4.79 Å². The summed E-state index contributed by atoms with van der Waals surface area (Å²) in [5.74, 6) is -4.56. The Labute approximate surface area is 107 Å². The number of hydrogen-bond donors (Lipinski definition) is 0. The van der Waals surface area contributed by atoms with E-state index in [0.717, 1.165) is 0 Å². The van der Waals surface area contributed by atoms with Gasteiger partial charge in [0.15, 0.2) is 23.2 Å². The number of ketones is 1. The Morgan fingerprint density at radius 2 is 1.63 bits per heavy atom. The normalized spacial score (nSPS) is 10.3. The van der Waals surface area contributed by atoms with E-state index in [1.807, 2.05) is 0 Å². The number of halogens is 3. The van der Waals surface area contributed by atoms with E-state index < -0.39 is 23.2 Å². The zero-order chi connectivity index (χ0) is 14.0. The topological polar surface area (TPSA) is 26.3 Å². The van der Waals surface area contributed by atoms with Gasteiger partial charge in [-0.25, -0.2) is 13.2 Å². The van der Waals surface area contributed by atoms with E-state index >= 15 is 0 Å². The van der Waals surface area contributed by atoms with Crippen molar-refractivity contribution in [2.75, 3.05) is 7.11 Å². The molecule has 98 valence electrons. The summed E-state index contributed by atoms with van der Waals surface area (Å²) in [7, 11) is 1.43. The van der Waals surface area contributed by atoms with E-state index in [0.29, 0.717) is 17.9 Å². The Balaban J connectivity index is 2.44. The smallest absolute Gasteiger partial charge is 0.194 e. The lowest BCUT2D eigenvalue weighted by atomic mass is 10.0. The molecule has 2 aromatic carbocycles. The van der Waals surface area contributed by atoms with Crippen molar-refractivity contribution in [3.63, 3.8) is 0 Å². The first-order chi connectivity index (χ1) is 9.02. The van der Waals surface area contributed by atoms with Gasteiger partial charge >= 0.3 is 0 Å². The molecule has 0 bridgehead atoms. The number of ether oxygens (including phenoxy) is 1. The van der Waals surface area contributed by atoms with Gasteiger partial charge in [0.1, 0.15) is 5.75 Å². The van der Waals surface area contributed by atoms with Crippen molar-refractivity contribution in [3.05, 3.63) is 65.0 Å². The summed E-state index contributed by atoms with van der Waals surface area (Å²) in [5, 5.41) is 0. The van der Waals surface area contributed by atoms with E-state index in [2.05, 4.69) is 0 Å². The van der Waals surface area contributed by atoms with Crippen LogP contribution < -0.4 is 4.74 Å². The summed E-state index contributed by atoms with van der Waals surface area (Å²) < 4.78 is 43.9. The highest BCUT2D eigenvalue weighted by molar-refractivity contribution is 6.09. The minimum atomic E-state index is -1.60. The molecule has 0 spiro atoms. The van der Waals surface area contributed by atoms with Crippen molar-refractivity contribution in [1.82, 2.24) is 0 Å². The van der Waals surface area contributed by atoms with Crippen LogP contribution in [0.15, 0.2) is 36.4 Å². The molecular formula is C14H9F3O2. The predicted octanol–water partition coefficient (Wildman–Crippen LogP) is 3.34. The highest BCUT2D eigenvalue weighted by Gasteiger charge is 2.16.